The van der Waals surface area contributed by atoms with Crippen LogP contribution in [0.25, 0.3) is 10.9 Å². The average molecular weight is 505 g/mol. The van der Waals surface area contributed by atoms with Crippen LogP contribution in [-0.2, 0) is 26.3 Å². The third-order valence-electron chi connectivity index (χ3n) is 8.27. The highest BCUT2D eigenvalue weighted by Gasteiger charge is 2.70. The number of aromatic nitrogens is 1. The number of para-hydroxylation sites is 2. The van der Waals surface area contributed by atoms with Crippen LogP contribution in [-0.4, -0.2) is 34.5 Å². The van der Waals surface area contributed by atoms with Crippen molar-refractivity contribution in [3.63, 3.8) is 0 Å². The Morgan fingerprint density at radius 1 is 0.921 bits per heavy atom. The Hall–Kier alpha value is -4.56. The number of fused-ring (bicyclic) bond motifs is 5. The standard InChI is InChI=1S/C30H24N4O4/c1-16(35)17-10-12-19(13-11-17)34-27(36)25-24(14-18-15-31-22-8-4-2-6-20(18)22)33-30(26(25)28(34)37)21-7-3-5-9-23(21)32-29(30)38/h2-13,15,24-26,31,33H,14H2,1H3,(H,32,38)/t24?,25-,26+,30?/m1/s1. The van der Waals surface area contributed by atoms with E-state index < -0.39 is 29.3 Å². The van der Waals surface area contributed by atoms with Crippen LogP contribution in [0.15, 0.2) is 79.0 Å². The number of rotatable bonds is 4. The van der Waals surface area contributed by atoms with Crippen LogP contribution in [0.2, 0.25) is 0 Å². The van der Waals surface area contributed by atoms with E-state index in [2.05, 4.69) is 15.6 Å². The summed E-state index contributed by atoms with van der Waals surface area (Å²) in [5.74, 6) is -2.86. The fourth-order valence-electron chi connectivity index (χ4n) is 6.57. The first-order valence-electron chi connectivity index (χ1n) is 12.6. The number of aromatic amines is 1. The topological polar surface area (TPSA) is 111 Å². The highest BCUT2D eigenvalue weighted by molar-refractivity contribution is 6.26. The molecule has 0 radical (unpaired) electrons. The molecule has 3 aromatic carbocycles. The summed E-state index contributed by atoms with van der Waals surface area (Å²) in [6.45, 7) is 1.46. The van der Waals surface area contributed by atoms with Gasteiger partial charge in [0.15, 0.2) is 5.78 Å². The zero-order valence-corrected chi connectivity index (χ0v) is 20.5. The summed E-state index contributed by atoms with van der Waals surface area (Å²) in [4.78, 5) is 58.1. The first-order valence-corrected chi connectivity index (χ1v) is 12.6. The van der Waals surface area contributed by atoms with Gasteiger partial charge in [0.25, 0.3) is 0 Å². The molecule has 8 heteroatoms. The molecule has 3 aliphatic rings. The van der Waals surface area contributed by atoms with Crippen LogP contribution in [0.4, 0.5) is 11.4 Å². The van der Waals surface area contributed by atoms with Gasteiger partial charge in [-0.15, -0.1) is 0 Å². The maximum atomic E-state index is 14.1. The van der Waals surface area contributed by atoms with E-state index in [4.69, 9.17) is 0 Å². The van der Waals surface area contributed by atoms with Crippen molar-refractivity contribution in [2.45, 2.75) is 24.9 Å². The highest BCUT2D eigenvalue weighted by atomic mass is 16.2. The Balaban J connectivity index is 1.35. The molecule has 3 aliphatic heterocycles. The summed E-state index contributed by atoms with van der Waals surface area (Å²) in [5, 5.41) is 7.47. The molecular weight excluding hydrogens is 480 g/mol. The molecule has 38 heavy (non-hydrogen) atoms. The van der Waals surface area contributed by atoms with Crippen LogP contribution >= 0.6 is 0 Å². The SMILES string of the molecule is CC(=O)c1ccc(N2C(=O)[C@@H]3C(Cc4c[nH]c5ccccc45)NC4(C(=O)Nc5ccccc54)[C@@H]3C2=O)cc1. The predicted octanol–water partition coefficient (Wildman–Crippen LogP) is 3.54. The van der Waals surface area contributed by atoms with Crippen molar-refractivity contribution < 1.29 is 19.2 Å². The lowest BCUT2D eigenvalue weighted by molar-refractivity contribution is -0.130. The number of Topliss-reactive ketones (excluding diaryl/α,β-unsaturated/α-hetero) is 1. The molecule has 8 nitrogen and oxygen atoms in total. The Kier molecular flexibility index (Phi) is 4.74. The molecule has 0 aliphatic carbocycles. The van der Waals surface area contributed by atoms with Crippen LogP contribution in [0.5, 0.6) is 0 Å². The summed E-state index contributed by atoms with van der Waals surface area (Å²) >= 11 is 0. The van der Waals surface area contributed by atoms with Gasteiger partial charge in [-0.05, 0) is 55.3 Å². The third-order valence-corrected chi connectivity index (χ3v) is 8.27. The molecule has 2 fully saturated rings. The Morgan fingerprint density at radius 2 is 1.66 bits per heavy atom. The quantitative estimate of drug-likeness (QED) is 0.291. The summed E-state index contributed by atoms with van der Waals surface area (Å²) in [5.41, 5.74) is 2.83. The number of ketones is 1. The smallest absolute Gasteiger partial charge is 0.250 e. The lowest BCUT2D eigenvalue weighted by Gasteiger charge is -2.29. The summed E-state index contributed by atoms with van der Waals surface area (Å²) in [6, 6.07) is 21.2. The Labute approximate surface area is 218 Å². The molecule has 3 amide bonds. The molecule has 4 atom stereocenters. The first-order chi connectivity index (χ1) is 18.4. The molecule has 4 heterocycles. The number of hydrogen-bond acceptors (Lipinski definition) is 5. The fraction of sp³-hybridized carbons (Fsp3) is 0.200. The number of amides is 3. The molecule has 1 aromatic heterocycles. The number of H-pyrrole nitrogens is 1. The minimum absolute atomic E-state index is 0.103. The van der Waals surface area contributed by atoms with Gasteiger partial charge in [-0.2, -0.15) is 0 Å². The zero-order chi connectivity index (χ0) is 26.2. The van der Waals surface area contributed by atoms with Crippen molar-refractivity contribution in [2.75, 3.05) is 10.2 Å². The zero-order valence-electron chi connectivity index (χ0n) is 20.5. The van der Waals surface area contributed by atoms with Crippen LogP contribution in [0.3, 0.4) is 0 Å². The number of benzene rings is 3. The Morgan fingerprint density at radius 3 is 2.45 bits per heavy atom. The largest absolute Gasteiger partial charge is 0.361 e. The van der Waals surface area contributed by atoms with Gasteiger partial charge in [0.2, 0.25) is 17.7 Å². The molecule has 7 rings (SSSR count). The van der Waals surface area contributed by atoms with E-state index in [0.717, 1.165) is 16.5 Å². The molecule has 4 aromatic rings. The van der Waals surface area contributed by atoms with E-state index in [1.165, 1.54) is 11.8 Å². The summed E-state index contributed by atoms with van der Waals surface area (Å²) in [6.07, 6.45) is 2.38. The minimum atomic E-state index is -1.36. The molecule has 3 N–H and O–H groups in total. The molecule has 2 unspecified atom stereocenters. The number of imide groups is 1. The van der Waals surface area contributed by atoms with Gasteiger partial charge in [-0.3, -0.25) is 24.5 Å². The van der Waals surface area contributed by atoms with E-state index in [1.807, 2.05) is 54.7 Å². The molecule has 188 valence electrons. The van der Waals surface area contributed by atoms with E-state index in [-0.39, 0.29) is 17.6 Å². The number of anilines is 2. The van der Waals surface area contributed by atoms with Gasteiger partial charge in [0.1, 0.15) is 5.54 Å². The van der Waals surface area contributed by atoms with Gasteiger partial charge < -0.3 is 10.3 Å². The number of nitrogens with zero attached hydrogens (tertiary/aromatic N) is 1. The van der Waals surface area contributed by atoms with Crippen molar-refractivity contribution in [3.05, 3.63) is 95.7 Å². The number of nitrogens with one attached hydrogen (secondary N) is 3. The normalized spacial score (nSPS) is 25.8. The van der Waals surface area contributed by atoms with Crippen molar-refractivity contribution in [2.24, 2.45) is 11.8 Å². The second kappa shape index (κ2) is 7.97. The van der Waals surface area contributed by atoms with E-state index in [9.17, 15) is 19.2 Å². The van der Waals surface area contributed by atoms with E-state index in [1.54, 1.807) is 24.3 Å². The second-order valence-corrected chi connectivity index (χ2v) is 10.2. The Bertz CT molecular complexity index is 1670. The lowest BCUT2D eigenvalue weighted by atomic mass is 9.76. The number of hydrogen-bond donors (Lipinski definition) is 3. The van der Waals surface area contributed by atoms with Crippen LogP contribution in [0.1, 0.15) is 28.4 Å². The van der Waals surface area contributed by atoms with E-state index in [0.29, 0.717) is 28.9 Å². The monoisotopic (exact) mass is 504 g/mol. The molecule has 2 saturated heterocycles. The van der Waals surface area contributed by atoms with Gasteiger partial charge in [0, 0.05) is 40.0 Å². The molecule has 1 spiro atoms. The van der Waals surface area contributed by atoms with Crippen molar-refractivity contribution in [1.29, 1.82) is 0 Å². The molecular formula is C30H24N4O4. The van der Waals surface area contributed by atoms with Gasteiger partial charge >= 0.3 is 0 Å². The highest BCUT2D eigenvalue weighted by Crippen LogP contribution is 2.54. The lowest BCUT2D eigenvalue weighted by Crippen LogP contribution is -2.53. The van der Waals surface area contributed by atoms with E-state index >= 15 is 0 Å². The number of carbonyl (C=O) groups is 4. The molecule has 0 saturated carbocycles. The third kappa shape index (κ3) is 2.95. The predicted molar refractivity (Wildman–Crippen MR) is 142 cm³/mol. The summed E-state index contributed by atoms with van der Waals surface area (Å²) in [7, 11) is 0. The second-order valence-electron chi connectivity index (χ2n) is 10.2. The average Bonchev–Trinajstić information content (AvgIpc) is 3.63. The van der Waals surface area contributed by atoms with Gasteiger partial charge in [-0.1, -0.05) is 36.4 Å². The van der Waals surface area contributed by atoms with Gasteiger partial charge in [-0.25, -0.2) is 4.90 Å². The fourth-order valence-corrected chi connectivity index (χ4v) is 6.57. The minimum Gasteiger partial charge on any atom is -0.361 e. The first kappa shape index (κ1) is 22.6. The van der Waals surface area contributed by atoms with Gasteiger partial charge in [0.05, 0.1) is 17.5 Å². The van der Waals surface area contributed by atoms with Crippen molar-refractivity contribution >= 4 is 45.8 Å². The van der Waals surface area contributed by atoms with Crippen molar-refractivity contribution in [1.82, 2.24) is 10.3 Å². The van der Waals surface area contributed by atoms with Crippen LogP contribution in [0, 0.1) is 11.8 Å². The van der Waals surface area contributed by atoms with Crippen molar-refractivity contribution in [3.8, 4) is 0 Å². The summed E-state index contributed by atoms with van der Waals surface area (Å²) < 4.78 is 0. The maximum absolute atomic E-state index is 14.1. The maximum Gasteiger partial charge on any atom is 0.250 e. The van der Waals surface area contributed by atoms with Crippen LogP contribution < -0.4 is 15.5 Å². The molecule has 0 bridgehead atoms. The number of carbonyl (C=O) groups excluding carboxylic acids is 4.